The molecule has 0 atom stereocenters. The Balaban J connectivity index is 2.81. The van der Waals surface area contributed by atoms with Gasteiger partial charge in [-0.05, 0) is 0 Å². The Morgan fingerprint density at radius 3 is 2.43 bits per heavy atom. The van der Waals surface area contributed by atoms with Gasteiger partial charge in [0.2, 0.25) is 6.41 Å². The molecule has 0 aliphatic carbocycles. The summed E-state index contributed by atoms with van der Waals surface area (Å²) in [5.74, 6) is 0. The molecule has 0 saturated heterocycles. The average Bonchev–Trinajstić information content (AvgIpc) is 1.61. The Hall–Kier alpha value is -0.710. The fraction of sp³-hybridized carbons (Fsp3) is 0.500. The molecule has 42 valence electrons. The number of alkyl halides is 2. The molecule has 0 aromatic carbocycles. The summed E-state index contributed by atoms with van der Waals surface area (Å²) in [4.78, 5) is 12.4. The molecule has 5 heteroatoms. The first kappa shape index (κ1) is 6.29. The zero-order valence-electron chi connectivity index (χ0n) is 3.23. The van der Waals surface area contributed by atoms with Crippen LogP contribution in [0.2, 0.25) is 0 Å². The minimum Gasteiger partial charge on any atom is -0.277 e. The van der Waals surface area contributed by atoms with Gasteiger partial charge in [0.25, 0.3) is 0 Å². The second-order valence-corrected chi connectivity index (χ2v) is 0.614. The van der Waals surface area contributed by atoms with E-state index in [1.54, 1.807) is 0 Å². The van der Waals surface area contributed by atoms with E-state index in [1.807, 2.05) is 0 Å². The Morgan fingerprint density at radius 1 is 1.71 bits per heavy atom. The molecule has 0 rings (SSSR count). The van der Waals surface area contributed by atoms with Crippen molar-refractivity contribution in [3.05, 3.63) is 0 Å². The fourth-order valence-electron chi connectivity index (χ4n) is 0.0792. The predicted molar refractivity (Wildman–Crippen MR) is 16.3 cm³/mol. The summed E-state index contributed by atoms with van der Waals surface area (Å²) in [5, 5.41) is 0. The summed E-state index contributed by atoms with van der Waals surface area (Å²) in [6, 6.07) is 0. The van der Waals surface area contributed by atoms with Crippen molar-refractivity contribution in [1.82, 2.24) is 5.48 Å². The van der Waals surface area contributed by atoms with Crippen LogP contribution in [-0.2, 0) is 9.63 Å². The van der Waals surface area contributed by atoms with Gasteiger partial charge < -0.3 is 0 Å². The maximum Gasteiger partial charge on any atom is 0.364 e. The van der Waals surface area contributed by atoms with Gasteiger partial charge >= 0.3 is 6.61 Å². The van der Waals surface area contributed by atoms with Crippen molar-refractivity contribution in [2.75, 3.05) is 0 Å². The van der Waals surface area contributed by atoms with Gasteiger partial charge in [0.15, 0.2) is 0 Å². The standard InChI is InChI=1S/C2H3F2NO2/c3-2(4)7-5-1-6/h1-2H,(H,5,6). The number of carbonyl (C=O) groups excluding carboxylic acids is 1. The second kappa shape index (κ2) is 3.48. The van der Waals surface area contributed by atoms with Gasteiger partial charge in [0.1, 0.15) is 0 Å². The zero-order chi connectivity index (χ0) is 5.70. The van der Waals surface area contributed by atoms with Crippen molar-refractivity contribution < 1.29 is 18.4 Å². The predicted octanol–water partition coefficient (Wildman–Crippen LogP) is -0.113. The molecule has 0 saturated carbocycles. The highest BCUT2D eigenvalue weighted by Gasteiger charge is 1.96. The first-order valence-corrected chi connectivity index (χ1v) is 1.40. The smallest absolute Gasteiger partial charge is 0.277 e. The van der Waals surface area contributed by atoms with Gasteiger partial charge in [-0.2, -0.15) is 8.78 Å². The third-order valence-electron chi connectivity index (χ3n) is 0.205. The Labute approximate surface area is 38.2 Å². The molecule has 0 fully saturated rings. The van der Waals surface area contributed by atoms with Crippen molar-refractivity contribution in [2.45, 2.75) is 6.61 Å². The fourth-order valence-corrected chi connectivity index (χ4v) is 0.0792. The third kappa shape index (κ3) is 5.29. The van der Waals surface area contributed by atoms with Gasteiger partial charge in [-0.15, -0.1) is 0 Å². The number of carbonyl (C=O) groups is 1. The molecule has 0 aliphatic rings. The molecule has 1 amide bonds. The van der Waals surface area contributed by atoms with Crippen LogP contribution in [0.25, 0.3) is 0 Å². The van der Waals surface area contributed by atoms with Crippen LogP contribution < -0.4 is 5.48 Å². The van der Waals surface area contributed by atoms with Gasteiger partial charge in [0, 0.05) is 0 Å². The van der Waals surface area contributed by atoms with Crippen molar-refractivity contribution in [3.63, 3.8) is 0 Å². The highest BCUT2D eigenvalue weighted by Crippen LogP contribution is 1.87. The van der Waals surface area contributed by atoms with Crippen LogP contribution >= 0.6 is 0 Å². The van der Waals surface area contributed by atoms with Gasteiger partial charge in [-0.3, -0.25) is 4.79 Å². The largest absolute Gasteiger partial charge is 0.364 e. The molecule has 3 nitrogen and oxygen atoms in total. The Bertz CT molecular complexity index is 57.7. The molecule has 0 spiro atoms. The topological polar surface area (TPSA) is 38.3 Å². The minimum atomic E-state index is -2.94. The first-order chi connectivity index (χ1) is 3.27. The van der Waals surface area contributed by atoms with E-state index in [0.717, 1.165) is 0 Å². The summed E-state index contributed by atoms with van der Waals surface area (Å²) in [6.07, 6.45) is 0.0200. The SMILES string of the molecule is O=CNOC(F)F. The zero-order valence-corrected chi connectivity index (χ0v) is 3.23. The van der Waals surface area contributed by atoms with Crippen LogP contribution in [0.3, 0.4) is 0 Å². The van der Waals surface area contributed by atoms with Gasteiger partial charge in [-0.25, -0.2) is 10.3 Å². The van der Waals surface area contributed by atoms with E-state index in [2.05, 4.69) is 4.84 Å². The molecular formula is C2H3F2NO2. The van der Waals surface area contributed by atoms with Crippen LogP contribution in [0.1, 0.15) is 0 Å². The highest BCUT2D eigenvalue weighted by atomic mass is 19.3. The Morgan fingerprint density at radius 2 is 2.29 bits per heavy atom. The number of hydrogen-bond acceptors (Lipinski definition) is 2. The monoisotopic (exact) mass is 111 g/mol. The number of halogens is 2. The quantitative estimate of drug-likeness (QED) is 0.407. The van der Waals surface area contributed by atoms with Crippen molar-refractivity contribution >= 4 is 6.41 Å². The van der Waals surface area contributed by atoms with Crippen LogP contribution in [-0.4, -0.2) is 13.0 Å². The van der Waals surface area contributed by atoms with Gasteiger partial charge in [-0.1, -0.05) is 0 Å². The molecular weight excluding hydrogens is 108 g/mol. The summed E-state index contributed by atoms with van der Waals surface area (Å²) < 4.78 is 21.6. The van der Waals surface area contributed by atoms with Crippen LogP contribution in [0, 0.1) is 0 Å². The number of amides is 1. The molecule has 0 aliphatic heterocycles. The summed E-state index contributed by atoms with van der Waals surface area (Å²) in [5.41, 5.74) is 1.32. The van der Waals surface area contributed by atoms with E-state index < -0.39 is 6.61 Å². The average molecular weight is 111 g/mol. The van der Waals surface area contributed by atoms with Crippen molar-refractivity contribution in [1.29, 1.82) is 0 Å². The molecule has 7 heavy (non-hydrogen) atoms. The van der Waals surface area contributed by atoms with Crippen LogP contribution in [0.5, 0.6) is 0 Å². The first-order valence-electron chi connectivity index (χ1n) is 1.40. The Kier molecular flexibility index (Phi) is 3.13. The lowest BCUT2D eigenvalue weighted by Gasteiger charge is -1.93. The van der Waals surface area contributed by atoms with E-state index in [1.165, 1.54) is 5.48 Å². The summed E-state index contributed by atoms with van der Waals surface area (Å²) in [6.45, 7) is -2.94. The van der Waals surface area contributed by atoms with E-state index in [-0.39, 0.29) is 6.41 Å². The van der Waals surface area contributed by atoms with Crippen LogP contribution in [0.15, 0.2) is 0 Å². The minimum absolute atomic E-state index is 0.0200. The normalized spacial score (nSPS) is 9.00. The summed E-state index contributed by atoms with van der Waals surface area (Å²) in [7, 11) is 0. The lowest BCUT2D eigenvalue weighted by atomic mass is 11.4. The summed E-state index contributed by atoms with van der Waals surface area (Å²) >= 11 is 0. The number of rotatable bonds is 3. The molecule has 0 aromatic rings. The van der Waals surface area contributed by atoms with E-state index in [4.69, 9.17) is 4.79 Å². The van der Waals surface area contributed by atoms with E-state index in [9.17, 15) is 8.78 Å². The van der Waals surface area contributed by atoms with Crippen LogP contribution in [0.4, 0.5) is 8.78 Å². The number of nitrogens with one attached hydrogen (secondary N) is 1. The molecule has 0 bridgehead atoms. The second-order valence-electron chi connectivity index (χ2n) is 0.614. The highest BCUT2D eigenvalue weighted by molar-refractivity contribution is 5.43. The maximum atomic E-state index is 10.8. The molecule has 1 N–H and O–H groups in total. The number of hydrogen-bond donors (Lipinski definition) is 1. The number of hydroxylamine groups is 1. The van der Waals surface area contributed by atoms with E-state index >= 15 is 0 Å². The lowest BCUT2D eigenvalue weighted by Crippen LogP contribution is -2.15. The maximum absolute atomic E-state index is 10.8. The van der Waals surface area contributed by atoms with Crippen molar-refractivity contribution in [3.8, 4) is 0 Å². The molecule has 0 aromatic heterocycles. The molecule has 0 heterocycles. The lowest BCUT2D eigenvalue weighted by molar-refractivity contribution is -0.176. The third-order valence-corrected chi connectivity index (χ3v) is 0.205. The molecule has 0 radical (unpaired) electrons. The van der Waals surface area contributed by atoms with E-state index in [0.29, 0.717) is 0 Å². The van der Waals surface area contributed by atoms with Crippen molar-refractivity contribution in [2.24, 2.45) is 0 Å². The molecule has 0 unspecified atom stereocenters. The van der Waals surface area contributed by atoms with Gasteiger partial charge in [0.05, 0.1) is 0 Å².